The molecule has 0 N–H and O–H groups in total. The van der Waals surface area contributed by atoms with Gasteiger partial charge in [-0.05, 0) is 42.0 Å². The number of ether oxygens (including phenoxy) is 1. The zero-order valence-corrected chi connectivity index (χ0v) is 11.0. The highest BCUT2D eigenvalue weighted by Crippen LogP contribution is 2.27. The molecule has 1 aromatic rings. The average molecular weight is 231 g/mol. The number of hydrogen-bond acceptors (Lipinski definition) is 2. The number of nitrogens with zero attached hydrogens (tertiary/aromatic N) is 1. The van der Waals surface area contributed by atoms with Gasteiger partial charge in [-0.25, -0.2) is 0 Å². The lowest BCUT2D eigenvalue weighted by Gasteiger charge is -2.20. The number of hydrogen-bond donors (Lipinski definition) is 0. The highest BCUT2D eigenvalue weighted by atomic mass is 16.5. The SMILES string of the molecule is CCCc1cc2c(cc1OC)C=N[C@@H](CC)C2. The smallest absolute Gasteiger partial charge is 0.122 e. The van der Waals surface area contributed by atoms with Gasteiger partial charge in [-0.2, -0.15) is 0 Å². The van der Waals surface area contributed by atoms with Gasteiger partial charge >= 0.3 is 0 Å². The van der Waals surface area contributed by atoms with Crippen LogP contribution in [-0.4, -0.2) is 19.4 Å². The third-order valence-corrected chi connectivity index (χ3v) is 3.41. The minimum atomic E-state index is 0.463. The Hall–Kier alpha value is -1.31. The normalized spacial score (nSPS) is 17.9. The standard InChI is InChI=1S/C15H21NO/c1-4-6-11-7-12-8-14(5-2)16-10-13(12)9-15(11)17-3/h7,9-10,14H,4-6,8H2,1-3H3/t14-/m0/s1. The van der Waals surface area contributed by atoms with E-state index in [9.17, 15) is 0 Å². The molecule has 0 unspecified atom stereocenters. The van der Waals surface area contributed by atoms with Gasteiger partial charge in [-0.3, -0.25) is 4.99 Å². The van der Waals surface area contributed by atoms with Crippen molar-refractivity contribution in [2.75, 3.05) is 7.11 Å². The van der Waals surface area contributed by atoms with E-state index in [1.54, 1.807) is 7.11 Å². The first-order valence-electron chi connectivity index (χ1n) is 6.51. The minimum Gasteiger partial charge on any atom is -0.496 e. The van der Waals surface area contributed by atoms with Crippen molar-refractivity contribution < 1.29 is 4.74 Å². The summed E-state index contributed by atoms with van der Waals surface area (Å²) in [6.07, 6.45) is 6.43. The van der Waals surface area contributed by atoms with Crippen molar-refractivity contribution in [3.63, 3.8) is 0 Å². The molecule has 0 saturated heterocycles. The largest absolute Gasteiger partial charge is 0.496 e. The topological polar surface area (TPSA) is 21.6 Å². The number of methoxy groups -OCH3 is 1. The molecule has 0 saturated carbocycles. The van der Waals surface area contributed by atoms with Crippen LogP contribution in [0, 0.1) is 0 Å². The lowest BCUT2D eigenvalue weighted by Crippen LogP contribution is -2.15. The Balaban J connectivity index is 2.37. The number of aliphatic imine (C=N–C) groups is 1. The van der Waals surface area contributed by atoms with Crippen molar-refractivity contribution in [3.8, 4) is 5.75 Å². The fourth-order valence-electron chi connectivity index (χ4n) is 2.39. The summed E-state index contributed by atoms with van der Waals surface area (Å²) in [4.78, 5) is 4.56. The van der Waals surface area contributed by atoms with E-state index in [1.165, 1.54) is 16.7 Å². The molecule has 1 aliphatic heterocycles. The fourth-order valence-corrected chi connectivity index (χ4v) is 2.39. The number of fused-ring (bicyclic) bond motifs is 1. The molecule has 0 fully saturated rings. The molecule has 0 spiro atoms. The van der Waals surface area contributed by atoms with E-state index in [1.807, 2.05) is 6.21 Å². The fraction of sp³-hybridized carbons (Fsp3) is 0.533. The molecule has 1 heterocycles. The number of rotatable bonds is 4. The summed E-state index contributed by atoms with van der Waals surface area (Å²) in [6.45, 7) is 4.40. The Morgan fingerprint density at radius 3 is 2.82 bits per heavy atom. The Morgan fingerprint density at radius 2 is 2.18 bits per heavy atom. The summed E-state index contributed by atoms with van der Waals surface area (Å²) >= 11 is 0. The van der Waals surface area contributed by atoms with Gasteiger partial charge in [0.15, 0.2) is 0 Å². The van der Waals surface area contributed by atoms with E-state index in [2.05, 4.69) is 31.0 Å². The molecule has 2 nitrogen and oxygen atoms in total. The van der Waals surface area contributed by atoms with Gasteiger partial charge in [0.05, 0.1) is 13.2 Å². The van der Waals surface area contributed by atoms with Crippen LogP contribution in [0.2, 0.25) is 0 Å². The van der Waals surface area contributed by atoms with E-state index in [0.717, 1.165) is 31.4 Å². The van der Waals surface area contributed by atoms with Gasteiger partial charge in [0, 0.05) is 6.21 Å². The quantitative estimate of drug-likeness (QED) is 0.778. The Morgan fingerprint density at radius 1 is 1.35 bits per heavy atom. The lowest BCUT2D eigenvalue weighted by molar-refractivity contribution is 0.409. The summed E-state index contributed by atoms with van der Waals surface area (Å²) in [5.41, 5.74) is 3.99. The average Bonchev–Trinajstić information content (AvgIpc) is 2.37. The third-order valence-electron chi connectivity index (χ3n) is 3.41. The maximum absolute atomic E-state index is 5.46. The lowest BCUT2D eigenvalue weighted by atomic mass is 9.93. The van der Waals surface area contributed by atoms with Crippen LogP contribution in [0.4, 0.5) is 0 Å². The Bertz CT molecular complexity index is 423. The molecule has 1 atom stereocenters. The van der Waals surface area contributed by atoms with E-state index in [-0.39, 0.29) is 0 Å². The number of aryl methyl sites for hydroxylation is 1. The molecule has 0 radical (unpaired) electrons. The predicted molar refractivity (Wildman–Crippen MR) is 72.4 cm³/mol. The van der Waals surface area contributed by atoms with E-state index in [4.69, 9.17) is 4.74 Å². The molecule has 1 aromatic carbocycles. The summed E-state index contributed by atoms with van der Waals surface area (Å²) in [5, 5.41) is 0. The van der Waals surface area contributed by atoms with Gasteiger partial charge in [-0.1, -0.05) is 26.3 Å². The van der Waals surface area contributed by atoms with Crippen molar-refractivity contribution >= 4 is 6.21 Å². The molecule has 2 heteroatoms. The van der Waals surface area contributed by atoms with Gasteiger partial charge in [0.1, 0.15) is 5.75 Å². The van der Waals surface area contributed by atoms with Crippen LogP contribution in [0.15, 0.2) is 17.1 Å². The second-order valence-electron chi connectivity index (χ2n) is 4.66. The van der Waals surface area contributed by atoms with Crippen molar-refractivity contribution in [1.82, 2.24) is 0 Å². The molecule has 1 aliphatic rings. The van der Waals surface area contributed by atoms with Crippen LogP contribution in [0.1, 0.15) is 43.4 Å². The molecule has 17 heavy (non-hydrogen) atoms. The van der Waals surface area contributed by atoms with Gasteiger partial charge in [-0.15, -0.1) is 0 Å². The van der Waals surface area contributed by atoms with Crippen molar-refractivity contribution in [3.05, 3.63) is 28.8 Å². The van der Waals surface area contributed by atoms with Crippen molar-refractivity contribution in [2.45, 2.75) is 45.6 Å². The summed E-state index contributed by atoms with van der Waals surface area (Å²) in [6, 6.07) is 4.91. The summed E-state index contributed by atoms with van der Waals surface area (Å²) in [5.74, 6) is 1.01. The van der Waals surface area contributed by atoms with Crippen molar-refractivity contribution in [2.24, 2.45) is 4.99 Å². The van der Waals surface area contributed by atoms with Crippen LogP contribution in [0.5, 0.6) is 5.75 Å². The molecular weight excluding hydrogens is 210 g/mol. The van der Waals surface area contributed by atoms with Crippen LogP contribution in [0.25, 0.3) is 0 Å². The zero-order chi connectivity index (χ0) is 12.3. The first-order valence-corrected chi connectivity index (χ1v) is 6.51. The maximum atomic E-state index is 5.46. The maximum Gasteiger partial charge on any atom is 0.122 e. The van der Waals surface area contributed by atoms with Crippen LogP contribution in [0.3, 0.4) is 0 Å². The first-order chi connectivity index (χ1) is 8.28. The van der Waals surface area contributed by atoms with E-state index >= 15 is 0 Å². The van der Waals surface area contributed by atoms with Gasteiger partial charge < -0.3 is 4.74 Å². The van der Waals surface area contributed by atoms with Crippen LogP contribution >= 0.6 is 0 Å². The van der Waals surface area contributed by atoms with Crippen LogP contribution < -0.4 is 4.74 Å². The molecule has 2 rings (SSSR count). The highest BCUT2D eigenvalue weighted by molar-refractivity contribution is 5.84. The molecule has 0 aliphatic carbocycles. The predicted octanol–water partition coefficient (Wildman–Crippen LogP) is 3.40. The Kier molecular flexibility index (Phi) is 3.82. The highest BCUT2D eigenvalue weighted by Gasteiger charge is 2.16. The van der Waals surface area contributed by atoms with Crippen molar-refractivity contribution in [1.29, 1.82) is 0 Å². The molecule has 0 amide bonds. The summed E-state index contributed by atoms with van der Waals surface area (Å²) in [7, 11) is 1.75. The Labute approximate surface area is 104 Å². The van der Waals surface area contributed by atoms with Gasteiger partial charge in [0.2, 0.25) is 0 Å². The second kappa shape index (κ2) is 5.35. The number of benzene rings is 1. The molecule has 92 valence electrons. The zero-order valence-electron chi connectivity index (χ0n) is 11.0. The van der Waals surface area contributed by atoms with E-state index in [0.29, 0.717) is 6.04 Å². The second-order valence-corrected chi connectivity index (χ2v) is 4.66. The first kappa shape index (κ1) is 12.2. The molecular formula is C15H21NO. The van der Waals surface area contributed by atoms with E-state index < -0.39 is 0 Å². The van der Waals surface area contributed by atoms with Crippen LogP contribution in [-0.2, 0) is 12.8 Å². The van der Waals surface area contributed by atoms with Gasteiger partial charge in [0.25, 0.3) is 0 Å². The monoisotopic (exact) mass is 231 g/mol. The minimum absolute atomic E-state index is 0.463. The molecule has 0 bridgehead atoms. The summed E-state index contributed by atoms with van der Waals surface area (Å²) < 4.78 is 5.46. The third kappa shape index (κ3) is 2.51. The molecule has 0 aromatic heterocycles.